The third-order valence-electron chi connectivity index (χ3n) is 5.09. The molecule has 0 unspecified atom stereocenters. The lowest BCUT2D eigenvalue weighted by molar-refractivity contribution is 0.0808. The van der Waals surface area contributed by atoms with E-state index < -0.39 is 0 Å². The highest BCUT2D eigenvalue weighted by molar-refractivity contribution is 5.94. The summed E-state index contributed by atoms with van der Waals surface area (Å²) in [6.45, 7) is 10.7. The molecule has 6 heteroatoms. The number of amides is 1. The summed E-state index contributed by atoms with van der Waals surface area (Å²) in [5.74, 6) is 0.707. The molecule has 0 radical (unpaired) electrons. The molecule has 1 aliphatic rings. The number of aryl methyl sites for hydroxylation is 1. The molecule has 29 heavy (non-hydrogen) atoms. The van der Waals surface area contributed by atoms with Gasteiger partial charge in [-0.3, -0.25) is 9.48 Å². The second-order valence-corrected chi connectivity index (χ2v) is 9.21. The first kappa shape index (κ1) is 21.4. The van der Waals surface area contributed by atoms with Crippen molar-refractivity contribution in [3.63, 3.8) is 0 Å². The molecule has 1 aromatic heterocycles. The van der Waals surface area contributed by atoms with Crippen LogP contribution in [0.2, 0.25) is 0 Å². The number of aromatic nitrogens is 2. The number of piperidine rings is 1. The highest BCUT2D eigenvalue weighted by Gasteiger charge is 2.24. The van der Waals surface area contributed by atoms with E-state index in [2.05, 4.69) is 36.1 Å². The van der Waals surface area contributed by atoms with Gasteiger partial charge in [0.05, 0.1) is 6.20 Å². The number of likely N-dealkylation sites (tertiary alicyclic amines) is 1. The second kappa shape index (κ2) is 9.44. The fourth-order valence-corrected chi connectivity index (χ4v) is 3.78. The molecule has 2 aromatic rings. The van der Waals surface area contributed by atoms with Crippen LogP contribution in [-0.4, -0.2) is 52.9 Å². The molecule has 2 heterocycles. The van der Waals surface area contributed by atoms with Gasteiger partial charge < -0.3 is 15.0 Å². The topological polar surface area (TPSA) is 59.4 Å². The van der Waals surface area contributed by atoms with Gasteiger partial charge in [0.2, 0.25) is 0 Å². The predicted octanol–water partition coefficient (Wildman–Crippen LogP) is 3.28. The summed E-state index contributed by atoms with van der Waals surface area (Å²) < 4.78 is 7.95. The lowest BCUT2D eigenvalue weighted by Gasteiger charge is -2.36. The first-order valence-electron chi connectivity index (χ1n) is 10.5. The van der Waals surface area contributed by atoms with Crippen molar-refractivity contribution in [1.29, 1.82) is 0 Å². The molecule has 6 nitrogen and oxygen atoms in total. The maximum Gasteiger partial charge on any atom is 0.251 e. The highest BCUT2D eigenvalue weighted by Crippen LogP contribution is 2.23. The predicted molar refractivity (Wildman–Crippen MR) is 115 cm³/mol. The summed E-state index contributed by atoms with van der Waals surface area (Å²) in [4.78, 5) is 15.0. The Bertz CT molecular complexity index is 801. The lowest BCUT2D eigenvalue weighted by atomic mass is 9.94. The third-order valence-corrected chi connectivity index (χ3v) is 5.09. The summed E-state index contributed by atoms with van der Waals surface area (Å²) in [7, 11) is 1.89. The number of hydrogen-bond donors (Lipinski definition) is 1. The largest absolute Gasteiger partial charge is 0.490 e. The molecule has 3 rings (SSSR count). The Morgan fingerprint density at radius 1 is 1.28 bits per heavy atom. The Morgan fingerprint density at radius 3 is 2.69 bits per heavy atom. The SMILES string of the molecule is Cn1cc(CCNC(=O)c2cccc(OC3CCN(CC(C)(C)C)CC3)c2)cn1. The molecular weight excluding hydrogens is 364 g/mol. The van der Waals surface area contributed by atoms with Crippen molar-refractivity contribution in [2.75, 3.05) is 26.2 Å². The molecule has 0 atom stereocenters. The molecule has 0 aliphatic carbocycles. The average Bonchev–Trinajstić information content (AvgIpc) is 3.07. The van der Waals surface area contributed by atoms with E-state index in [1.165, 1.54) is 0 Å². The van der Waals surface area contributed by atoms with Crippen LogP contribution in [0.1, 0.15) is 49.5 Å². The first-order valence-corrected chi connectivity index (χ1v) is 10.5. The number of carbonyl (C=O) groups excluding carboxylic acids is 1. The van der Waals surface area contributed by atoms with Crippen molar-refractivity contribution in [1.82, 2.24) is 20.0 Å². The van der Waals surface area contributed by atoms with E-state index in [0.29, 0.717) is 17.5 Å². The Hall–Kier alpha value is -2.34. The van der Waals surface area contributed by atoms with Gasteiger partial charge >= 0.3 is 0 Å². The molecule has 0 bridgehead atoms. The number of carbonyl (C=O) groups is 1. The van der Waals surface area contributed by atoms with Crippen LogP contribution in [-0.2, 0) is 13.5 Å². The van der Waals surface area contributed by atoms with Crippen LogP contribution in [0.4, 0.5) is 0 Å². The summed E-state index contributed by atoms with van der Waals surface area (Å²) in [5.41, 5.74) is 2.08. The van der Waals surface area contributed by atoms with E-state index in [9.17, 15) is 4.79 Å². The summed E-state index contributed by atoms with van der Waals surface area (Å²) in [6, 6.07) is 7.51. The van der Waals surface area contributed by atoms with Gasteiger partial charge in [-0.1, -0.05) is 26.8 Å². The molecular formula is C23H34N4O2. The van der Waals surface area contributed by atoms with Gasteiger partial charge in [0.15, 0.2) is 0 Å². The van der Waals surface area contributed by atoms with Crippen molar-refractivity contribution in [3.05, 3.63) is 47.8 Å². The smallest absolute Gasteiger partial charge is 0.251 e. The molecule has 1 amide bonds. The van der Waals surface area contributed by atoms with Crippen LogP contribution in [0.3, 0.4) is 0 Å². The number of hydrogen-bond acceptors (Lipinski definition) is 4. The van der Waals surface area contributed by atoms with E-state index in [4.69, 9.17) is 4.74 Å². The molecule has 1 aliphatic heterocycles. The van der Waals surface area contributed by atoms with Crippen molar-refractivity contribution >= 4 is 5.91 Å². The average molecular weight is 399 g/mol. The van der Waals surface area contributed by atoms with E-state index in [1.54, 1.807) is 4.68 Å². The van der Waals surface area contributed by atoms with Gasteiger partial charge in [0.25, 0.3) is 5.91 Å². The lowest BCUT2D eigenvalue weighted by Crippen LogP contribution is -2.42. The zero-order chi connectivity index (χ0) is 20.9. The second-order valence-electron chi connectivity index (χ2n) is 9.21. The van der Waals surface area contributed by atoms with Gasteiger partial charge in [-0.05, 0) is 48.4 Å². The standard InChI is InChI=1S/C23H34N4O2/c1-23(2,3)17-27-12-9-20(10-13-27)29-21-7-5-6-19(14-21)22(28)24-11-8-18-15-25-26(4)16-18/h5-7,14-16,20H,8-13,17H2,1-4H3,(H,24,28). The van der Waals surface area contributed by atoms with Gasteiger partial charge in [-0.25, -0.2) is 0 Å². The quantitative estimate of drug-likeness (QED) is 0.778. The van der Waals surface area contributed by atoms with Crippen molar-refractivity contribution in [2.45, 2.75) is 46.1 Å². The van der Waals surface area contributed by atoms with Crippen LogP contribution < -0.4 is 10.1 Å². The van der Waals surface area contributed by atoms with Crippen LogP contribution in [0.5, 0.6) is 5.75 Å². The van der Waals surface area contributed by atoms with E-state index in [1.807, 2.05) is 43.7 Å². The van der Waals surface area contributed by atoms with Crippen LogP contribution >= 0.6 is 0 Å². The molecule has 1 fully saturated rings. The molecule has 1 aromatic carbocycles. The minimum atomic E-state index is -0.0701. The number of nitrogens with zero attached hydrogens (tertiary/aromatic N) is 3. The summed E-state index contributed by atoms with van der Waals surface area (Å²) in [6.07, 6.45) is 6.83. The number of benzene rings is 1. The fraction of sp³-hybridized carbons (Fsp3) is 0.565. The first-order chi connectivity index (χ1) is 13.8. The number of rotatable bonds is 7. The zero-order valence-electron chi connectivity index (χ0n) is 18.1. The molecule has 0 spiro atoms. The maximum absolute atomic E-state index is 12.5. The normalized spacial score (nSPS) is 16.0. The minimum Gasteiger partial charge on any atom is -0.490 e. The minimum absolute atomic E-state index is 0.0701. The molecule has 1 N–H and O–H groups in total. The monoisotopic (exact) mass is 398 g/mol. The van der Waals surface area contributed by atoms with Crippen LogP contribution in [0.25, 0.3) is 0 Å². The Labute approximate surface area is 174 Å². The Morgan fingerprint density at radius 2 is 2.03 bits per heavy atom. The third kappa shape index (κ3) is 6.89. The van der Waals surface area contributed by atoms with Crippen molar-refractivity contribution in [2.24, 2.45) is 12.5 Å². The van der Waals surface area contributed by atoms with Gasteiger partial charge in [0.1, 0.15) is 11.9 Å². The Kier molecular flexibility index (Phi) is 6.96. The van der Waals surface area contributed by atoms with Crippen LogP contribution in [0.15, 0.2) is 36.7 Å². The Balaban J connectivity index is 1.46. The van der Waals surface area contributed by atoms with E-state index >= 15 is 0 Å². The van der Waals surface area contributed by atoms with E-state index in [0.717, 1.165) is 50.2 Å². The van der Waals surface area contributed by atoms with Gasteiger partial charge in [0, 0.05) is 45.0 Å². The molecule has 0 saturated carbocycles. The fourth-order valence-electron chi connectivity index (χ4n) is 3.78. The van der Waals surface area contributed by atoms with Crippen molar-refractivity contribution in [3.8, 4) is 5.75 Å². The molecule has 1 saturated heterocycles. The van der Waals surface area contributed by atoms with Crippen LogP contribution in [0, 0.1) is 5.41 Å². The maximum atomic E-state index is 12.5. The van der Waals surface area contributed by atoms with Gasteiger partial charge in [-0.15, -0.1) is 0 Å². The van der Waals surface area contributed by atoms with Gasteiger partial charge in [-0.2, -0.15) is 5.10 Å². The molecule has 158 valence electrons. The summed E-state index contributed by atoms with van der Waals surface area (Å²) >= 11 is 0. The highest BCUT2D eigenvalue weighted by atomic mass is 16.5. The number of ether oxygens (including phenoxy) is 1. The van der Waals surface area contributed by atoms with E-state index in [-0.39, 0.29) is 12.0 Å². The van der Waals surface area contributed by atoms with Crippen molar-refractivity contribution < 1.29 is 9.53 Å². The summed E-state index contributed by atoms with van der Waals surface area (Å²) in [5, 5.41) is 7.12. The zero-order valence-corrected chi connectivity index (χ0v) is 18.1. The number of nitrogens with one attached hydrogen (secondary N) is 1.